The van der Waals surface area contributed by atoms with Crippen LogP contribution in [-0.2, 0) is 0 Å². The van der Waals surface area contributed by atoms with Crippen molar-refractivity contribution in [3.63, 3.8) is 0 Å². The molecule has 0 aliphatic carbocycles. The van der Waals surface area contributed by atoms with Crippen LogP contribution in [0, 0.1) is 5.82 Å². The van der Waals surface area contributed by atoms with Crippen LogP contribution in [0.1, 0.15) is 19.3 Å². The Morgan fingerprint density at radius 3 is 2.59 bits per heavy atom. The molecule has 2 N–H and O–H groups in total. The van der Waals surface area contributed by atoms with E-state index in [1.54, 1.807) is 18.5 Å². The van der Waals surface area contributed by atoms with Gasteiger partial charge >= 0.3 is 0 Å². The van der Waals surface area contributed by atoms with Gasteiger partial charge in [0.05, 0.1) is 34.5 Å². The number of aromatic amines is 2. The number of piperidine rings is 1. The minimum absolute atomic E-state index is 0.303. The van der Waals surface area contributed by atoms with Gasteiger partial charge < -0.3 is 9.88 Å². The van der Waals surface area contributed by atoms with E-state index in [1.165, 1.54) is 31.4 Å². The lowest BCUT2D eigenvalue weighted by atomic mass is 10.1. The molecule has 0 radical (unpaired) electrons. The van der Waals surface area contributed by atoms with Crippen molar-refractivity contribution < 1.29 is 4.39 Å². The van der Waals surface area contributed by atoms with Gasteiger partial charge in [0.2, 0.25) is 0 Å². The summed E-state index contributed by atoms with van der Waals surface area (Å²) in [5, 5.41) is 8.34. The van der Waals surface area contributed by atoms with Crippen LogP contribution >= 0.6 is 0 Å². The number of pyridine rings is 3. The Bertz CT molecular complexity index is 1750. The number of H-pyrrole nitrogens is 2. The fourth-order valence-electron chi connectivity index (χ4n) is 5.07. The van der Waals surface area contributed by atoms with Crippen LogP contribution in [0.3, 0.4) is 0 Å². The molecule has 0 unspecified atom stereocenters. The van der Waals surface area contributed by atoms with Crippen molar-refractivity contribution in [2.45, 2.75) is 19.3 Å². The summed E-state index contributed by atoms with van der Waals surface area (Å²) >= 11 is 0. The smallest absolute Gasteiger partial charge is 0.181 e. The largest absolute Gasteiger partial charge is 0.370 e. The lowest BCUT2D eigenvalue weighted by Crippen LogP contribution is -2.29. The van der Waals surface area contributed by atoms with Gasteiger partial charge in [0.15, 0.2) is 11.5 Å². The third kappa shape index (κ3) is 3.88. The molecule has 0 spiro atoms. The lowest BCUT2D eigenvalue weighted by molar-refractivity contribution is 0.577. The van der Waals surface area contributed by atoms with Gasteiger partial charge in [-0.05, 0) is 49.1 Å². The first-order chi connectivity index (χ1) is 18.2. The Labute approximate surface area is 211 Å². The topological polar surface area (TPSA) is 99.3 Å². The van der Waals surface area contributed by atoms with Crippen molar-refractivity contribution in [3.8, 4) is 33.8 Å². The van der Waals surface area contributed by atoms with Crippen molar-refractivity contribution in [1.82, 2.24) is 35.1 Å². The second-order valence-corrected chi connectivity index (χ2v) is 9.35. The fourth-order valence-corrected chi connectivity index (χ4v) is 5.07. The molecule has 9 heteroatoms. The lowest BCUT2D eigenvalue weighted by Gasteiger charge is -2.28. The summed E-state index contributed by atoms with van der Waals surface area (Å²) in [5.41, 5.74) is 7.36. The van der Waals surface area contributed by atoms with Gasteiger partial charge in [-0.25, -0.2) is 14.4 Å². The minimum atomic E-state index is -0.303. The Balaban J connectivity index is 1.30. The van der Waals surface area contributed by atoms with E-state index >= 15 is 0 Å². The van der Waals surface area contributed by atoms with Crippen molar-refractivity contribution >= 4 is 27.8 Å². The molecule has 6 aromatic rings. The molecule has 6 heterocycles. The van der Waals surface area contributed by atoms with Crippen molar-refractivity contribution in [1.29, 1.82) is 0 Å². The molecule has 182 valence electrons. The van der Waals surface area contributed by atoms with Gasteiger partial charge in [0.1, 0.15) is 11.5 Å². The predicted molar refractivity (Wildman–Crippen MR) is 141 cm³/mol. The molecule has 1 fully saturated rings. The number of nitrogens with one attached hydrogen (secondary N) is 2. The summed E-state index contributed by atoms with van der Waals surface area (Å²) in [4.78, 5) is 24.0. The maximum atomic E-state index is 13.9. The highest BCUT2D eigenvalue weighted by Crippen LogP contribution is 2.33. The number of hydrogen-bond donors (Lipinski definition) is 2. The van der Waals surface area contributed by atoms with Gasteiger partial charge in [-0.1, -0.05) is 12.1 Å². The highest BCUT2D eigenvalue weighted by molar-refractivity contribution is 5.96. The number of fused-ring (bicyclic) bond motifs is 2. The van der Waals surface area contributed by atoms with Crippen LogP contribution in [0.25, 0.3) is 55.8 Å². The summed E-state index contributed by atoms with van der Waals surface area (Å²) in [6.45, 7) is 2.12. The van der Waals surface area contributed by atoms with Gasteiger partial charge in [-0.3, -0.25) is 15.1 Å². The van der Waals surface area contributed by atoms with Crippen LogP contribution in [0.15, 0.2) is 67.4 Å². The van der Waals surface area contributed by atoms with Gasteiger partial charge in [-0.15, -0.1) is 0 Å². The third-order valence-corrected chi connectivity index (χ3v) is 6.95. The first kappa shape index (κ1) is 21.6. The van der Waals surface area contributed by atoms with Crippen LogP contribution in [-0.4, -0.2) is 48.2 Å². The molecule has 0 saturated carbocycles. The monoisotopic (exact) mass is 490 g/mol. The first-order valence-corrected chi connectivity index (χ1v) is 12.4. The molecule has 1 aliphatic heterocycles. The molecule has 37 heavy (non-hydrogen) atoms. The molecule has 0 amide bonds. The first-order valence-electron chi connectivity index (χ1n) is 12.4. The summed E-state index contributed by atoms with van der Waals surface area (Å²) < 4.78 is 13.9. The molecule has 0 atom stereocenters. The molecular formula is C28H23FN8. The number of nitrogens with zero attached hydrogens (tertiary/aromatic N) is 6. The number of hydrogen-bond acceptors (Lipinski definition) is 6. The summed E-state index contributed by atoms with van der Waals surface area (Å²) in [7, 11) is 0. The normalized spacial score (nSPS) is 14.0. The summed E-state index contributed by atoms with van der Waals surface area (Å²) in [6.07, 6.45) is 12.8. The van der Waals surface area contributed by atoms with E-state index < -0.39 is 0 Å². The zero-order valence-electron chi connectivity index (χ0n) is 19.9. The number of rotatable bonds is 4. The number of anilines is 1. The van der Waals surface area contributed by atoms with Gasteiger partial charge in [0, 0.05) is 48.4 Å². The number of benzene rings is 1. The van der Waals surface area contributed by atoms with E-state index in [9.17, 15) is 4.39 Å². The number of aromatic nitrogens is 7. The third-order valence-electron chi connectivity index (χ3n) is 6.95. The Hall–Kier alpha value is -4.66. The molecular weight excluding hydrogens is 467 g/mol. The van der Waals surface area contributed by atoms with E-state index in [4.69, 9.17) is 4.98 Å². The maximum absolute atomic E-state index is 13.9. The zero-order chi connectivity index (χ0) is 24.8. The maximum Gasteiger partial charge on any atom is 0.181 e. The summed E-state index contributed by atoms with van der Waals surface area (Å²) in [6, 6.07) is 10.7. The van der Waals surface area contributed by atoms with E-state index in [0.717, 1.165) is 57.6 Å². The Morgan fingerprint density at radius 1 is 0.838 bits per heavy atom. The Kier molecular flexibility index (Phi) is 5.12. The van der Waals surface area contributed by atoms with E-state index in [1.807, 2.05) is 24.7 Å². The second-order valence-electron chi connectivity index (χ2n) is 9.35. The van der Waals surface area contributed by atoms with E-state index in [-0.39, 0.29) is 5.82 Å². The molecule has 1 saturated heterocycles. The van der Waals surface area contributed by atoms with Crippen molar-refractivity contribution in [2.75, 3.05) is 18.0 Å². The molecule has 8 nitrogen and oxygen atoms in total. The molecule has 1 aliphatic rings. The quantitative estimate of drug-likeness (QED) is 0.326. The fraction of sp³-hybridized carbons (Fsp3) is 0.179. The molecule has 7 rings (SSSR count). The van der Waals surface area contributed by atoms with Crippen LogP contribution < -0.4 is 4.90 Å². The van der Waals surface area contributed by atoms with Gasteiger partial charge in [0.25, 0.3) is 0 Å². The average Bonchev–Trinajstić information content (AvgIpc) is 3.57. The molecule has 5 aromatic heterocycles. The van der Waals surface area contributed by atoms with Crippen molar-refractivity contribution in [2.24, 2.45) is 0 Å². The SMILES string of the molecule is Fc1cccc(-c2cncc3[nH]c(-c4[nH]nc5ncc(-c6cncc(N7CCCCC7)c6)cc45)nc23)c1. The van der Waals surface area contributed by atoms with E-state index in [2.05, 4.69) is 47.2 Å². The molecule has 1 aromatic carbocycles. The average molecular weight is 491 g/mol. The summed E-state index contributed by atoms with van der Waals surface area (Å²) in [5.74, 6) is 0.310. The van der Waals surface area contributed by atoms with E-state index in [0.29, 0.717) is 17.0 Å². The van der Waals surface area contributed by atoms with Crippen LogP contribution in [0.5, 0.6) is 0 Å². The van der Waals surface area contributed by atoms with Crippen LogP contribution in [0.2, 0.25) is 0 Å². The van der Waals surface area contributed by atoms with Crippen molar-refractivity contribution in [3.05, 3.63) is 73.2 Å². The highest BCUT2D eigenvalue weighted by Gasteiger charge is 2.17. The zero-order valence-corrected chi connectivity index (χ0v) is 19.9. The number of halogens is 1. The second kappa shape index (κ2) is 8.77. The highest BCUT2D eigenvalue weighted by atomic mass is 19.1. The predicted octanol–water partition coefficient (Wildman–Crippen LogP) is 5.75. The van der Waals surface area contributed by atoms with Crippen LogP contribution in [0.4, 0.5) is 10.1 Å². The Morgan fingerprint density at radius 2 is 1.70 bits per heavy atom. The minimum Gasteiger partial charge on any atom is -0.370 e. The standard InChI is InChI=1S/C28H23FN8/c29-20-6-4-5-17(9-20)23-15-31-16-24-25(23)34-28(33-24)26-22-11-19(13-32-27(22)36-35-26)18-10-21(14-30-12-18)37-7-2-1-3-8-37/h4-6,9-16H,1-3,7-8H2,(H,33,34)(H,32,35,36). The molecule has 0 bridgehead atoms. The number of imidazole rings is 1. The van der Waals surface area contributed by atoms with Gasteiger partial charge in [-0.2, -0.15) is 5.10 Å².